The number of carbonyl (C=O) groups is 1. The van der Waals surface area contributed by atoms with Crippen LogP contribution in [0.25, 0.3) is 0 Å². The largest absolute Gasteiger partial charge is 0.454 e. The molecule has 1 aromatic heterocycles. The van der Waals surface area contributed by atoms with Crippen molar-refractivity contribution < 1.29 is 19.1 Å². The van der Waals surface area contributed by atoms with Crippen LogP contribution in [0, 0.1) is 0 Å². The lowest BCUT2D eigenvalue weighted by molar-refractivity contribution is -0.119. The van der Waals surface area contributed by atoms with Crippen LogP contribution in [0.3, 0.4) is 0 Å². The van der Waals surface area contributed by atoms with E-state index in [1.54, 1.807) is 29.5 Å². The van der Waals surface area contributed by atoms with Gasteiger partial charge in [0.15, 0.2) is 11.5 Å². The normalized spacial score (nSPS) is 17.1. The number of aromatic nitrogens is 1. The smallest absolute Gasteiger partial charge is 0.431 e. The molecule has 8 nitrogen and oxygen atoms in total. The van der Waals surface area contributed by atoms with Gasteiger partial charge in [0.2, 0.25) is 6.79 Å². The molecule has 2 aromatic rings. The Morgan fingerprint density at radius 3 is 2.77 bits per heavy atom. The third-order valence-electron chi connectivity index (χ3n) is 4.28. The first-order valence-corrected chi connectivity index (χ1v) is 8.52. The van der Waals surface area contributed by atoms with Gasteiger partial charge in [-0.2, -0.15) is 0 Å². The van der Waals surface area contributed by atoms with E-state index >= 15 is 0 Å². The molecule has 0 bridgehead atoms. The van der Waals surface area contributed by atoms with E-state index in [0.29, 0.717) is 18.9 Å². The SMILES string of the molecule is O=C(Nc1ccccn1)ON1CCN(Cc2ccc3c(c2)OCO3)CC1. The summed E-state index contributed by atoms with van der Waals surface area (Å²) in [4.78, 5) is 23.6. The molecule has 0 radical (unpaired) electrons. The van der Waals surface area contributed by atoms with Gasteiger partial charge in [0.1, 0.15) is 5.82 Å². The molecule has 0 atom stereocenters. The van der Waals surface area contributed by atoms with Crippen LogP contribution >= 0.6 is 0 Å². The quantitative estimate of drug-likeness (QED) is 0.899. The number of fused-ring (bicyclic) bond motifs is 1. The van der Waals surface area contributed by atoms with Crippen molar-refractivity contribution >= 4 is 11.9 Å². The van der Waals surface area contributed by atoms with Gasteiger partial charge >= 0.3 is 6.09 Å². The minimum absolute atomic E-state index is 0.287. The number of anilines is 1. The average Bonchev–Trinajstić information content (AvgIpc) is 3.12. The van der Waals surface area contributed by atoms with Crippen LogP contribution in [0.5, 0.6) is 11.5 Å². The number of rotatable bonds is 4. The van der Waals surface area contributed by atoms with Crippen molar-refractivity contribution in [3.63, 3.8) is 0 Å². The van der Waals surface area contributed by atoms with E-state index in [-0.39, 0.29) is 6.79 Å². The molecule has 1 N–H and O–H groups in total. The molecule has 4 rings (SSSR count). The molecule has 8 heteroatoms. The van der Waals surface area contributed by atoms with E-state index < -0.39 is 6.09 Å². The van der Waals surface area contributed by atoms with Crippen molar-refractivity contribution in [2.75, 3.05) is 38.3 Å². The third-order valence-corrected chi connectivity index (χ3v) is 4.28. The molecule has 1 fully saturated rings. The first kappa shape index (κ1) is 16.6. The van der Waals surface area contributed by atoms with E-state index in [9.17, 15) is 4.79 Å². The highest BCUT2D eigenvalue weighted by Crippen LogP contribution is 2.32. The number of piperazine rings is 1. The summed E-state index contributed by atoms with van der Waals surface area (Å²) >= 11 is 0. The number of amides is 1. The van der Waals surface area contributed by atoms with E-state index in [0.717, 1.165) is 31.1 Å². The summed E-state index contributed by atoms with van der Waals surface area (Å²) < 4.78 is 10.8. The lowest BCUT2D eigenvalue weighted by Crippen LogP contribution is -2.46. The molecular formula is C18H20N4O4. The van der Waals surface area contributed by atoms with Gasteiger partial charge in [-0.1, -0.05) is 12.1 Å². The van der Waals surface area contributed by atoms with Crippen LogP contribution in [0.15, 0.2) is 42.6 Å². The van der Waals surface area contributed by atoms with Crippen molar-refractivity contribution in [2.45, 2.75) is 6.54 Å². The standard InChI is InChI=1S/C18H20N4O4/c23-18(20-17-3-1-2-6-19-17)26-22-9-7-21(8-10-22)12-14-4-5-15-16(11-14)25-13-24-15/h1-6,11H,7-10,12-13H2,(H,19,20,23). The van der Waals surface area contributed by atoms with Gasteiger partial charge in [0, 0.05) is 38.9 Å². The van der Waals surface area contributed by atoms with Crippen LogP contribution in [0.2, 0.25) is 0 Å². The van der Waals surface area contributed by atoms with Crippen molar-refractivity contribution in [2.24, 2.45) is 0 Å². The first-order valence-electron chi connectivity index (χ1n) is 8.52. The zero-order chi connectivity index (χ0) is 17.8. The highest BCUT2D eigenvalue weighted by atomic mass is 16.7. The van der Waals surface area contributed by atoms with Crippen molar-refractivity contribution in [3.8, 4) is 11.5 Å². The van der Waals surface area contributed by atoms with Crippen LogP contribution in [0.4, 0.5) is 10.6 Å². The number of benzene rings is 1. The van der Waals surface area contributed by atoms with Gasteiger partial charge in [-0.05, 0) is 29.8 Å². The number of nitrogens with zero attached hydrogens (tertiary/aromatic N) is 3. The van der Waals surface area contributed by atoms with Crippen LogP contribution in [0.1, 0.15) is 5.56 Å². The van der Waals surface area contributed by atoms with Crippen molar-refractivity contribution in [1.82, 2.24) is 14.9 Å². The molecule has 2 aliphatic rings. The zero-order valence-corrected chi connectivity index (χ0v) is 14.3. The summed E-state index contributed by atoms with van der Waals surface area (Å²) in [7, 11) is 0. The maximum absolute atomic E-state index is 11.9. The lowest BCUT2D eigenvalue weighted by atomic mass is 10.2. The number of nitrogens with one attached hydrogen (secondary N) is 1. The second-order valence-corrected chi connectivity index (χ2v) is 6.11. The predicted octanol–water partition coefficient (Wildman–Crippen LogP) is 2.09. The minimum atomic E-state index is -0.520. The topological polar surface area (TPSA) is 76.2 Å². The maximum atomic E-state index is 11.9. The minimum Gasteiger partial charge on any atom is -0.454 e. The molecule has 0 unspecified atom stereocenters. The Bertz CT molecular complexity index is 763. The fourth-order valence-electron chi connectivity index (χ4n) is 2.96. The Labute approximate surface area is 151 Å². The number of pyridine rings is 1. The van der Waals surface area contributed by atoms with Crippen LogP contribution in [-0.4, -0.2) is 54.0 Å². The van der Waals surface area contributed by atoms with Gasteiger partial charge < -0.3 is 14.3 Å². The maximum Gasteiger partial charge on any atom is 0.431 e. The van der Waals surface area contributed by atoms with Crippen molar-refractivity contribution in [3.05, 3.63) is 48.2 Å². The molecule has 2 aliphatic heterocycles. The molecule has 1 saturated heterocycles. The monoisotopic (exact) mass is 356 g/mol. The second-order valence-electron chi connectivity index (χ2n) is 6.11. The summed E-state index contributed by atoms with van der Waals surface area (Å²) in [6, 6.07) is 11.3. The number of hydrogen-bond acceptors (Lipinski definition) is 7. The molecular weight excluding hydrogens is 336 g/mol. The fourth-order valence-corrected chi connectivity index (χ4v) is 2.96. The summed E-state index contributed by atoms with van der Waals surface area (Å²) in [5, 5.41) is 4.29. The molecule has 3 heterocycles. The van der Waals surface area contributed by atoms with Gasteiger partial charge in [0.05, 0.1) is 0 Å². The first-order chi connectivity index (χ1) is 12.8. The Kier molecular flexibility index (Phi) is 4.85. The number of ether oxygens (including phenoxy) is 2. The number of hydrogen-bond donors (Lipinski definition) is 1. The summed E-state index contributed by atoms with van der Waals surface area (Å²) in [5.74, 6) is 2.07. The van der Waals surface area contributed by atoms with Crippen LogP contribution in [-0.2, 0) is 11.4 Å². The fraction of sp³-hybridized carbons (Fsp3) is 0.333. The molecule has 136 valence electrons. The molecule has 0 saturated carbocycles. The molecule has 26 heavy (non-hydrogen) atoms. The van der Waals surface area contributed by atoms with Crippen LogP contribution < -0.4 is 14.8 Å². The summed E-state index contributed by atoms with van der Waals surface area (Å²) in [6.07, 6.45) is 1.10. The zero-order valence-electron chi connectivity index (χ0n) is 14.3. The molecule has 0 spiro atoms. The van der Waals surface area contributed by atoms with E-state index in [1.807, 2.05) is 12.1 Å². The number of carbonyl (C=O) groups excluding carboxylic acids is 1. The third kappa shape index (κ3) is 4.04. The summed E-state index contributed by atoms with van der Waals surface area (Å²) in [5.41, 5.74) is 1.18. The predicted molar refractivity (Wildman–Crippen MR) is 93.8 cm³/mol. The highest BCUT2D eigenvalue weighted by molar-refractivity contribution is 5.82. The Hall–Kier alpha value is -2.84. The van der Waals surface area contributed by atoms with E-state index in [2.05, 4.69) is 21.3 Å². The van der Waals surface area contributed by atoms with Gasteiger partial charge in [-0.25, -0.2) is 9.78 Å². The number of hydroxylamine groups is 2. The molecule has 1 aromatic carbocycles. The van der Waals surface area contributed by atoms with E-state index in [4.69, 9.17) is 14.3 Å². The van der Waals surface area contributed by atoms with Gasteiger partial charge in [-0.15, -0.1) is 5.06 Å². The Morgan fingerprint density at radius 2 is 1.96 bits per heavy atom. The molecule has 0 aliphatic carbocycles. The Morgan fingerprint density at radius 1 is 1.12 bits per heavy atom. The summed E-state index contributed by atoms with van der Waals surface area (Å²) in [6.45, 7) is 4.04. The van der Waals surface area contributed by atoms with Crippen molar-refractivity contribution in [1.29, 1.82) is 0 Å². The highest BCUT2D eigenvalue weighted by Gasteiger charge is 2.21. The average molecular weight is 356 g/mol. The van der Waals surface area contributed by atoms with Gasteiger partial charge in [-0.3, -0.25) is 10.2 Å². The van der Waals surface area contributed by atoms with Gasteiger partial charge in [0.25, 0.3) is 0 Å². The molecule has 1 amide bonds. The Balaban J connectivity index is 1.23. The van der Waals surface area contributed by atoms with E-state index in [1.165, 1.54) is 5.56 Å². The lowest BCUT2D eigenvalue weighted by Gasteiger charge is -2.33. The second kappa shape index (κ2) is 7.59.